The van der Waals surface area contributed by atoms with Gasteiger partial charge in [-0.15, -0.1) is 0 Å². The fourth-order valence-electron chi connectivity index (χ4n) is 2.49. The number of alkyl halides is 3. The van der Waals surface area contributed by atoms with E-state index in [4.69, 9.17) is 4.74 Å². The first-order chi connectivity index (χ1) is 10.0. The molecule has 0 saturated heterocycles. The molecule has 21 heavy (non-hydrogen) atoms. The molecule has 0 fully saturated rings. The lowest BCUT2D eigenvalue weighted by atomic mass is 10.0. The molecule has 2 aromatic rings. The molecule has 2 aromatic carbocycles. The molecule has 2 nitrogen and oxygen atoms in total. The van der Waals surface area contributed by atoms with Crippen LogP contribution < -0.4 is 10.1 Å². The molecule has 1 atom stereocenters. The number of para-hydroxylation sites is 2. The Hall–Kier alpha value is -2.17. The van der Waals surface area contributed by atoms with E-state index in [1.54, 1.807) is 6.07 Å². The van der Waals surface area contributed by atoms with Crippen LogP contribution >= 0.6 is 0 Å². The van der Waals surface area contributed by atoms with Gasteiger partial charge in [-0.25, -0.2) is 0 Å². The molecule has 0 aliphatic carbocycles. The summed E-state index contributed by atoms with van der Waals surface area (Å²) in [5.41, 5.74) is 0.543. The van der Waals surface area contributed by atoms with Gasteiger partial charge in [-0.3, -0.25) is 0 Å². The molecule has 0 aromatic heterocycles. The Balaban J connectivity index is 1.80. The molecule has 0 saturated carbocycles. The number of hydrogen-bond acceptors (Lipinski definition) is 2. The van der Waals surface area contributed by atoms with Crippen LogP contribution in [0.1, 0.15) is 11.1 Å². The number of ether oxygens (including phenoxy) is 1. The van der Waals surface area contributed by atoms with Crippen molar-refractivity contribution >= 4 is 5.69 Å². The lowest BCUT2D eigenvalue weighted by molar-refractivity contribution is -0.138. The van der Waals surface area contributed by atoms with Crippen molar-refractivity contribution in [3.63, 3.8) is 0 Å². The van der Waals surface area contributed by atoms with Gasteiger partial charge in [0.2, 0.25) is 0 Å². The van der Waals surface area contributed by atoms with Crippen LogP contribution in [0, 0.1) is 0 Å². The molecule has 1 aliphatic rings. The van der Waals surface area contributed by atoms with Crippen molar-refractivity contribution in [1.29, 1.82) is 0 Å². The highest BCUT2D eigenvalue weighted by molar-refractivity contribution is 5.57. The number of halogens is 3. The molecule has 0 radical (unpaired) electrons. The first-order valence-electron chi connectivity index (χ1n) is 6.69. The normalized spacial score (nSPS) is 17.6. The van der Waals surface area contributed by atoms with Crippen LogP contribution in [-0.4, -0.2) is 12.6 Å². The van der Waals surface area contributed by atoms with Crippen molar-refractivity contribution in [2.75, 3.05) is 11.9 Å². The van der Waals surface area contributed by atoms with Gasteiger partial charge in [0.15, 0.2) is 0 Å². The summed E-state index contributed by atoms with van der Waals surface area (Å²) in [6, 6.07) is 13.1. The average molecular weight is 293 g/mol. The lowest BCUT2D eigenvalue weighted by Gasteiger charge is -2.28. The first-order valence-corrected chi connectivity index (χ1v) is 6.69. The molecule has 1 N–H and O–H groups in total. The third kappa shape index (κ3) is 2.96. The zero-order chi connectivity index (χ0) is 14.9. The Morgan fingerprint density at radius 3 is 2.57 bits per heavy atom. The van der Waals surface area contributed by atoms with E-state index in [1.807, 2.05) is 24.3 Å². The number of nitrogens with one attached hydrogen (secondary N) is 1. The van der Waals surface area contributed by atoms with Crippen LogP contribution in [0.15, 0.2) is 48.5 Å². The van der Waals surface area contributed by atoms with Gasteiger partial charge in [-0.2, -0.15) is 13.2 Å². The highest BCUT2D eigenvalue weighted by Crippen LogP contribution is 2.34. The van der Waals surface area contributed by atoms with E-state index in [9.17, 15) is 13.2 Å². The monoisotopic (exact) mass is 293 g/mol. The largest absolute Gasteiger partial charge is 0.486 e. The lowest BCUT2D eigenvalue weighted by Crippen LogP contribution is -2.33. The van der Waals surface area contributed by atoms with Crippen molar-refractivity contribution in [3.8, 4) is 5.75 Å². The minimum atomic E-state index is -4.34. The van der Waals surface area contributed by atoms with Crippen LogP contribution in [-0.2, 0) is 12.6 Å². The molecule has 5 heteroatoms. The summed E-state index contributed by atoms with van der Waals surface area (Å²) < 4.78 is 44.7. The first kappa shape index (κ1) is 13.8. The van der Waals surface area contributed by atoms with E-state index in [0.717, 1.165) is 11.8 Å². The van der Waals surface area contributed by atoms with E-state index in [1.165, 1.54) is 12.1 Å². The summed E-state index contributed by atoms with van der Waals surface area (Å²) in [6.07, 6.45) is -4.43. The van der Waals surface area contributed by atoms with Crippen LogP contribution in [0.25, 0.3) is 0 Å². The molecule has 1 aliphatic heterocycles. The maximum Gasteiger partial charge on any atom is 0.416 e. The van der Waals surface area contributed by atoms with Gasteiger partial charge >= 0.3 is 6.18 Å². The molecule has 0 amide bonds. The summed E-state index contributed by atoms with van der Waals surface area (Å²) in [7, 11) is 0. The van der Waals surface area contributed by atoms with Gasteiger partial charge < -0.3 is 10.1 Å². The van der Waals surface area contributed by atoms with E-state index < -0.39 is 11.7 Å². The third-order valence-corrected chi connectivity index (χ3v) is 3.47. The SMILES string of the molecule is FC(F)(F)c1ccccc1CC1CNc2ccccc2O1. The number of anilines is 1. The summed E-state index contributed by atoms with van der Waals surface area (Å²) in [4.78, 5) is 0. The minimum Gasteiger partial charge on any atom is -0.486 e. The number of hydrogen-bond donors (Lipinski definition) is 1. The summed E-state index contributed by atoms with van der Waals surface area (Å²) >= 11 is 0. The molecule has 3 rings (SSSR count). The predicted molar refractivity (Wildman–Crippen MR) is 74.5 cm³/mol. The van der Waals surface area contributed by atoms with Crippen LogP contribution in [0.4, 0.5) is 18.9 Å². The smallest absolute Gasteiger partial charge is 0.416 e. The zero-order valence-electron chi connectivity index (χ0n) is 11.2. The molecule has 1 heterocycles. The summed E-state index contributed by atoms with van der Waals surface area (Å²) in [5.74, 6) is 0.679. The maximum absolute atomic E-state index is 13.0. The molecular formula is C16H14F3NO. The van der Waals surface area contributed by atoms with Gasteiger partial charge in [0.1, 0.15) is 11.9 Å². The van der Waals surface area contributed by atoms with E-state index in [0.29, 0.717) is 12.3 Å². The second kappa shape index (κ2) is 5.31. The van der Waals surface area contributed by atoms with Crippen molar-refractivity contribution in [2.24, 2.45) is 0 Å². The molecule has 0 spiro atoms. The van der Waals surface area contributed by atoms with Gasteiger partial charge in [0, 0.05) is 6.42 Å². The van der Waals surface area contributed by atoms with Gasteiger partial charge in [-0.1, -0.05) is 30.3 Å². The quantitative estimate of drug-likeness (QED) is 0.899. The Bertz CT molecular complexity index is 639. The van der Waals surface area contributed by atoms with Gasteiger partial charge in [0.25, 0.3) is 0 Å². The topological polar surface area (TPSA) is 21.3 Å². The Kier molecular flexibility index (Phi) is 3.49. The molecule has 110 valence electrons. The van der Waals surface area contributed by atoms with E-state index in [2.05, 4.69) is 5.32 Å². The van der Waals surface area contributed by atoms with Crippen molar-refractivity contribution in [3.05, 3.63) is 59.7 Å². The van der Waals surface area contributed by atoms with E-state index in [-0.39, 0.29) is 18.1 Å². The molecule has 1 unspecified atom stereocenters. The molecular weight excluding hydrogens is 279 g/mol. The predicted octanol–water partition coefficient (Wildman–Crippen LogP) is 4.12. The number of benzene rings is 2. The maximum atomic E-state index is 13.0. The Morgan fingerprint density at radius 1 is 1.05 bits per heavy atom. The van der Waals surface area contributed by atoms with Crippen molar-refractivity contribution in [2.45, 2.75) is 18.7 Å². The fourth-order valence-corrected chi connectivity index (χ4v) is 2.49. The van der Waals surface area contributed by atoms with Crippen LogP contribution in [0.5, 0.6) is 5.75 Å². The highest BCUT2D eigenvalue weighted by atomic mass is 19.4. The van der Waals surface area contributed by atoms with Gasteiger partial charge in [-0.05, 0) is 23.8 Å². The minimum absolute atomic E-state index is 0.219. The highest BCUT2D eigenvalue weighted by Gasteiger charge is 2.33. The van der Waals surface area contributed by atoms with Crippen LogP contribution in [0.3, 0.4) is 0 Å². The summed E-state index contributed by atoms with van der Waals surface area (Å²) in [5, 5.41) is 3.18. The average Bonchev–Trinajstić information content (AvgIpc) is 2.46. The number of fused-ring (bicyclic) bond motifs is 1. The second-order valence-corrected chi connectivity index (χ2v) is 4.98. The van der Waals surface area contributed by atoms with Crippen LogP contribution in [0.2, 0.25) is 0 Å². The Morgan fingerprint density at radius 2 is 1.76 bits per heavy atom. The van der Waals surface area contributed by atoms with Gasteiger partial charge in [0.05, 0.1) is 17.8 Å². The third-order valence-electron chi connectivity index (χ3n) is 3.47. The molecule has 0 bridgehead atoms. The van der Waals surface area contributed by atoms with Crippen molar-refractivity contribution < 1.29 is 17.9 Å². The summed E-state index contributed by atoms with van der Waals surface area (Å²) in [6.45, 7) is 0.489. The van der Waals surface area contributed by atoms with E-state index >= 15 is 0 Å². The van der Waals surface area contributed by atoms with Crippen molar-refractivity contribution in [1.82, 2.24) is 0 Å². The Labute approximate surface area is 120 Å². The second-order valence-electron chi connectivity index (χ2n) is 4.98. The fraction of sp³-hybridized carbons (Fsp3) is 0.250. The number of rotatable bonds is 2. The standard InChI is InChI=1S/C16H14F3NO/c17-16(18,19)13-6-2-1-5-11(13)9-12-10-20-14-7-3-4-8-15(14)21-12/h1-8,12,20H,9-10H2. The zero-order valence-corrected chi connectivity index (χ0v) is 11.2.